The van der Waals surface area contributed by atoms with Gasteiger partial charge in [-0.25, -0.2) is 4.98 Å². The third-order valence-electron chi connectivity index (χ3n) is 6.68. The first-order chi connectivity index (χ1) is 16.0. The van der Waals surface area contributed by atoms with Crippen LogP contribution in [0.25, 0.3) is 11.4 Å². The van der Waals surface area contributed by atoms with Crippen molar-refractivity contribution < 1.29 is 9.59 Å². The quantitative estimate of drug-likeness (QED) is 0.578. The van der Waals surface area contributed by atoms with E-state index in [1.807, 2.05) is 36.1 Å². The molecular formula is C25H26ClN5O2. The van der Waals surface area contributed by atoms with Gasteiger partial charge >= 0.3 is 0 Å². The first-order valence-corrected chi connectivity index (χ1v) is 11.8. The lowest BCUT2D eigenvalue weighted by Gasteiger charge is -2.33. The van der Waals surface area contributed by atoms with Crippen LogP contribution in [0.4, 0.5) is 5.69 Å². The Morgan fingerprint density at radius 1 is 1.12 bits per heavy atom. The average Bonchev–Trinajstić information content (AvgIpc) is 3.42. The smallest absolute Gasteiger partial charge is 0.254 e. The summed E-state index contributed by atoms with van der Waals surface area (Å²) in [6.07, 6.45) is 4.89. The second-order valence-corrected chi connectivity index (χ2v) is 9.34. The van der Waals surface area contributed by atoms with Crippen LogP contribution in [0.2, 0.25) is 5.02 Å². The summed E-state index contributed by atoms with van der Waals surface area (Å²) in [7, 11) is 0. The number of hydrogen-bond acceptors (Lipinski definition) is 4. The monoisotopic (exact) mass is 463 g/mol. The molecule has 2 aliphatic rings. The van der Waals surface area contributed by atoms with Gasteiger partial charge in [-0.15, -0.1) is 0 Å². The summed E-state index contributed by atoms with van der Waals surface area (Å²) in [6.45, 7) is 1.84. The van der Waals surface area contributed by atoms with E-state index in [2.05, 4.69) is 20.5 Å². The van der Waals surface area contributed by atoms with E-state index < -0.39 is 6.04 Å². The van der Waals surface area contributed by atoms with Gasteiger partial charge in [-0.3, -0.25) is 14.7 Å². The minimum atomic E-state index is -0.515. The van der Waals surface area contributed by atoms with Crippen molar-refractivity contribution in [1.29, 1.82) is 0 Å². The number of nitrogens with zero attached hydrogens (tertiary/aromatic N) is 3. The van der Waals surface area contributed by atoms with Gasteiger partial charge in [0.05, 0.1) is 0 Å². The fourth-order valence-corrected chi connectivity index (χ4v) is 5.38. The maximum Gasteiger partial charge on any atom is 0.254 e. The summed E-state index contributed by atoms with van der Waals surface area (Å²) in [6, 6.07) is 14.0. The van der Waals surface area contributed by atoms with E-state index in [1.54, 1.807) is 24.3 Å². The lowest BCUT2D eigenvalue weighted by atomic mass is 9.84. The summed E-state index contributed by atoms with van der Waals surface area (Å²) < 4.78 is 0. The minimum absolute atomic E-state index is 0.0866. The molecule has 170 valence electrons. The lowest BCUT2D eigenvalue weighted by Crippen LogP contribution is -2.47. The van der Waals surface area contributed by atoms with Gasteiger partial charge in [-0.1, -0.05) is 42.6 Å². The van der Waals surface area contributed by atoms with Crippen molar-refractivity contribution in [2.45, 2.75) is 51.1 Å². The number of likely N-dealkylation sites (tertiary alicyclic amines) is 1. The number of aromatic nitrogens is 3. The number of anilines is 1. The van der Waals surface area contributed by atoms with Crippen molar-refractivity contribution in [2.75, 3.05) is 5.32 Å². The zero-order valence-electron chi connectivity index (χ0n) is 18.4. The van der Waals surface area contributed by atoms with Gasteiger partial charge in [0.15, 0.2) is 5.82 Å². The van der Waals surface area contributed by atoms with Crippen LogP contribution < -0.4 is 5.32 Å². The summed E-state index contributed by atoms with van der Waals surface area (Å²) in [5.41, 5.74) is 1.99. The molecule has 1 aliphatic heterocycles. The molecule has 2 aromatic carbocycles. The molecule has 2 amide bonds. The Balaban J connectivity index is 1.40. The largest absolute Gasteiger partial charge is 0.324 e. The molecule has 0 spiro atoms. The third kappa shape index (κ3) is 4.37. The second kappa shape index (κ2) is 8.98. The highest BCUT2D eigenvalue weighted by Crippen LogP contribution is 2.41. The third-order valence-corrected chi connectivity index (χ3v) is 6.92. The number of hydrogen-bond donors (Lipinski definition) is 2. The molecular weight excluding hydrogens is 438 g/mol. The summed E-state index contributed by atoms with van der Waals surface area (Å²) >= 11 is 6.14. The van der Waals surface area contributed by atoms with Gasteiger partial charge < -0.3 is 10.2 Å². The van der Waals surface area contributed by atoms with Crippen LogP contribution in [0.1, 0.15) is 48.3 Å². The molecule has 0 radical (unpaired) electrons. The van der Waals surface area contributed by atoms with E-state index in [0.29, 0.717) is 34.4 Å². The fraction of sp³-hybridized carbons (Fsp3) is 0.360. The van der Waals surface area contributed by atoms with Crippen molar-refractivity contribution in [1.82, 2.24) is 20.1 Å². The number of aromatic amines is 1. The zero-order chi connectivity index (χ0) is 22.9. The van der Waals surface area contributed by atoms with Gasteiger partial charge in [-0.05, 0) is 62.4 Å². The SMILES string of the molecule is Cc1nc(-c2cccc(NC(=O)[C@@H]3C[C@@H]4CCCC[C@@H]4N3C(=O)c3cccc(Cl)c3)c2)n[nH]1. The zero-order valence-corrected chi connectivity index (χ0v) is 19.2. The van der Waals surface area contributed by atoms with E-state index in [4.69, 9.17) is 11.6 Å². The number of rotatable bonds is 4. The molecule has 1 saturated carbocycles. The van der Waals surface area contributed by atoms with E-state index in [0.717, 1.165) is 37.1 Å². The fourth-order valence-electron chi connectivity index (χ4n) is 5.19. The van der Waals surface area contributed by atoms with Crippen LogP contribution in [-0.2, 0) is 4.79 Å². The van der Waals surface area contributed by atoms with Gasteiger partial charge in [0.25, 0.3) is 5.91 Å². The molecule has 0 bridgehead atoms. The highest BCUT2D eigenvalue weighted by molar-refractivity contribution is 6.31. The molecule has 2 N–H and O–H groups in total. The second-order valence-electron chi connectivity index (χ2n) is 8.90. The van der Waals surface area contributed by atoms with Crippen molar-refractivity contribution in [3.63, 3.8) is 0 Å². The number of benzene rings is 2. The summed E-state index contributed by atoms with van der Waals surface area (Å²) in [4.78, 5) is 33.2. The number of carbonyl (C=O) groups is 2. The minimum Gasteiger partial charge on any atom is -0.324 e. The van der Waals surface area contributed by atoms with Crippen molar-refractivity contribution in [3.8, 4) is 11.4 Å². The molecule has 5 rings (SSSR count). The maximum absolute atomic E-state index is 13.5. The predicted octanol–water partition coefficient (Wildman–Crippen LogP) is 4.85. The highest BCUT2D eigenvalue weighted by Gasteiger charge is 2.47. The summed E-state index contributed by atoms with van der Waals surface area (Å²) in [5, 5.41) is 10.6. The predicted molar refractivity (Wildman–Crippen MR) is 127 cm³/mol. The van der Waals surface area contributed by atoms with Crippen LogP contribution in [0, 0.1) is 12.8 Å². The lowest BCUT2D eigenvalue weighted by molar-refractivity contribution is -0.120. The Morgan fingerprint density at radius 3 is 2.73 bits per heavy atom. The van der Waals surface area contributed by atoms with Crippen molar-refractivity contribution >= 4 is 29.1 Å². The number of halogens is 1. The van der Waals surface area contributed by atoms with Crippen LogP contribution in [0.5, 0.6) is 0 Å². The van der Waals surface area contributed by atoms with E-state index in [9.17, 15) is 9.59 Å². The standard InChI is InChI=1S/C25H26ClN5O2/c1-15-27-23(30-29-15)17-7-5-10-20(13-17)28-24(32)22-14-16-6-2-3-11-21(16)31(22)25(33)18-8-4-9-19(26)12-18/h4-5,7-10,12-13,16,21-22H,2-3,6,11,14H2,1H3,(H,28,32)(H,27,29,30)/t16-,21-,22-/m0/s1. The average molecular weight is 464 g/mol. The Kier molecular flexibility index (Phi) is 5.89. The number of amides is 2. The van der Waals surface area contributed by atoms with Gasteiger partial charge in [-0.2, -0.15) is 5.10 Å². The molecule has 0 unspecified atom stereocenters. The molecule has 2 fully saturated rings. The molecule has 33 heavy (non-hydrogen) atoms. The molecule has 8 heteroatoms. The van der Waals surface area contributed by atoms with Crippen molar-refractivity contribution in [2.24, 2.45) is 5.92 Å². The number of nitrogens with one attached hydrogen (secondary N) is 2. The molecule has 3 aromatic rings. The van der Waals surface area contributed by atoms with E-state index in [1.165, 1.54) is 0 Å². The number of aryl methyl sites for hydroxylation is 1. The van der Waals surface area contributed by atoms with E-state index in [-0.39, 0.29) is 17.9 Å². The normalized spacial score (nSPS) is 22.1. The van der Waals surface area contributed by atoms with Gasteiger partial charge in [0, 0.05) is 27.9 Å². The maximum atomic E-state index is 13.5. The molecule has 3 atom stereocenters. The van der Waals surface area contributed by atoms with Crippen LogP contribution in [-0.4, -0.2) is 44.0 Å². The van der Waals surface area contributed by atoms with Crippen LogP contribution in [0.3, 0.4) is 0 Å². The first-order valence-electron chi connectivity index (χ1n) is 11.4. The molecule has 7 nitrogen and oxygen atoms in total. The topological polar surface area (TPSA) is 91.0 Å². The van der Waals surface area contributed by atoms with Gasteiger partial charge in [0.1, 0.15) is 11.9 Å². The molecule has 1 saturated heterocycles. The van der Waals surface area contributed by atoms with E-state index >= 15 is 0 Å². The highest BCUT2D eigenvalue weighted by atomic mass is 35.5. The number of carbonyl (C=O) groups excluding carboxylic acids is 2. The van der Waals surface area contributed by atoms with Crippen LogP contribution in [0.15, 0.2) is 48.5 Å². The van der Waals surface area contributed by atoms with Gasteiger partial charge in [0.2, 0.25) is 5.91 Å². The Bertz CT molecular complexity index is 1190. The Morgan fingerprint density at radius 2 is 1.94 bits per heavy atom. The first kappa shape index (κ1) is 21.6. The van der Waals surface area contributed by atoms with Crippen LogP contribution >= 0.6 is 11.6 Å². The number of fused-ring (bicyclic) bond motifs is 1. The molecule has 2 heterocycles. The van der Waals surface area contributed by atoms with Crippen molar-refractivity contribution in [3.05, 3.63) is 64.9 Å². The Labute approximate surface area is 197 Å². The Hall–Kier alpha value is -3.19. The number of H-pyrrole nitrogens is 1. The molecule has 1 aromatic heterocycles. The summed E-state index contributed by atoms with van der Waals surface area (Å²) in [5.74, 6) is 1.36. The molecule has 1 aliphatic carbocycles.